The largest absolute Gasteiger partial charge is 0.488 e. The van der Waals surface area contributed by atoms with Gasteiger partial charge in [0.15, 0.2) is 11.6 Å². The smallest absolute Gasteiger partial charge is 0.416 e. The molecule has 0 aliphatic carbocycles. The third-order valence-corrected chi connectivity index (χ3v) is 7.29. The Morgan fingerprint density at radius 2 is 1.65 bits per heavy atom. The van der Waals surface area contributed by atoms with E-state index in [9.17, 15) is 31.9 Å². The second-order valence-electron chi connectivity index (χ2n) is 10.2. The number of carbonyl (C=O) groups is 1. The number of nitrogens with one attached hydrogen (secondary N) is 1. The molecule has 0 saturated carbocycles. The van der Waals surface area contributed by atoms with Crippen LogP contribution < -0.4 is 21.3 Å². The number of halogens is 5. The average Bonchev–Trinajstić information content (AvgIpc) is 3.01. The normalized spacial score (nSPS) is 12.2. The molecule has 0 saturated heterocycles. The molecule has 0 radical (unpaired) electrons. The van der Waals surface area contributed by atoms with Gasteiger partial charge in [-0.2, -0.15) is 13.2 Å². The van der Waals surface area contributed by atoms with Gasteiger partial charge in [-0.25, -0.2) is 18.4 Å². The first-order valence-electron chi connectivity index (χ1n) is 14.0. The topological polar surface area (TPSA) is 112 Å². The van der Waals surface area contributed by atoms with Crippen molar-refractivity contribution in [1.82, 2.24) is 14.5 Å². The highest BCUT2D eigenvalue weighted by Gasteiger charge is 2.35. The summed E-state index contributed by atoms with van der Waals surface area (Å²) in [6.07, 6.45) is -4.96. The lowest BCUT2D eigenvalue weighted by Gasteiger charge is -2.23. The van der Waals surface area contributed by atoms with Gasteiger partial charge in [-0.15, -0.1) is 0 Å². The van der Waals surface area contributed by atoms with Gasteiger partial charge in [0.05, 0.1) is 36.9 Å². The second kappa shape index (κ2) is 14.5. The van der Waals surface area contributed by atoms with Crippen molar-refractivity contribution in [3.63, 3.8) is 0 Å². The van der Waals surface area contributed by atoms with Crippen LogP contribution in [-0.4, -0.2) is 47.1 Å². The third-order valence-electron chi connectivity index (χ3n) is 7.29. The zero-order valence-electron chi connectivity index (χ0n) is 24.7. The predicted octanol–water partition coefficient (Wildman–Crippen LogP) is 4.77. The number of benzene rings is 3. The monoisotopic (exact) mass is 647 g/mol. The van der Waals surface area contributed by atoms with Crippen LogP contribution >= 0.6 is 0 Å². The molecular formula is C32H30F5N3O6. The molecule has 1 atom stereocenters. The molecule has 3 aromatic carbocycles. The van der Waals surface area contributed by atoms with E-state index in [1.165, 1.54) is 25.1 Å². The van der Waals surface area contributed by atoms with Crippen molar-refractivity contribution in [2.24, 2.45) is 0 Å². The van der Waals surface area contributed by atoms with Crippen molar-refractivity contribution in [3.8, 4) is 16.9 Å². The molecule has 46 heavy (non-hydrogen) atoms. The summed E-state index contributed by atoms with van der Waals surface area (Å²) in [4.78, 5) is 38.5. The third kappa shape index (κ3) is 7.51. The van der Waals surface area contributed by atoms with E-state index in [4.69, 9.17) is 14.6 Å². The second-order valence-corrected chi connectivity index (χ2v) is 10.2. The first-order chi connectivity index (χ1) is 21.8. The number of alkyl halides is 3. The van der Waals surface area contributed by atoms with E-state index in [2.05, 4.69) is 5.32 Å². The summed E-state index contributed by atoms with van der Waals surface area (Å²) in [7, 11) is 1.59. The fourth-order valence-electron chi connectivity index (χ4n) is 5.02. The molecule has 0 amide bonds. The minimum Gasteiger partial charge on any atom is -0.488 e. The van der Waals surface area contributed by atoms with Gasteiger partial charge in [-0.3, -0.25) is 13.9 Å². The molecule has 9 nitrogen and oxygen atoms in total. The first kappa shape index (κ1) is 34.1. The van der Waals surface area contributed by atoms with E-state index < -0.39 is 65.3 Å². The number of aliphatic carboxylic acids is 1. The van der Waals surface area contributed by atoms with Crippen LogP contribution in [0.15, 0.2) is 76.3 Å². The van der Waals surface area contributed by atoms with E-state index in [1.807, 2.05) is 0 Å². The van der Waals surface area contributed by atoms with Crippen LogP contribution in [0.5, 0.6) is 5.75 Å². The predicted molar refractivity (Wildman–Crippen MR) is 158 cm³/mol. The molecule has 0 fully saturated rings. The highest BCUT2D eigenvalue weighted by Crippen LogP contribution is 2.34. The molecular weight excluding hydrogens is 617 g/mol. The van der Waals surface area contributed by atoms with E-state index in [0.717, 1.165) is 21.3 Å². The lowest BCUT2D eigenvalue weighted by molar-refractivity contribution is -0.142. The number of hydrogen-bond donors (Lipinski definition) is 2. The maximum absolute atomic E-state index is 15.9. The molecule has 2 N–H and O–H groups in total. The maximum Gasteiger partial charge on any atom is 0.416 e. The zero-order chi connectivity index (χ0) is 33.6. The van der Waals surface area contributed by atoms with Gasteiger partial charge >= 0.3 is 17.8 Å². The Morgan fingerprint density at radius 3 is 2.30 bits per heavy atom. The van der Waals surface area contributed by atoms with Crippen molar-refractivity contribution < 1.29 is 41.3 Å². The molecule has 1 heterocycles. The first-order valence-corrected chi connectivity index (χ1v) is 14.0. The average molecular weight is 648 g/mol. The van der Waals surface area contributed by atoms with Crippen LogP contribution in [-0.2, 0) is 28.8 Å². The van der Waals surface area contributed by atoms with Crippen LogP contribution in [0.2, 0.25) is 0 Å². The number of carboxylic acids is 1. The molecule has 0 spiro atoms. The summed E-state index contributed by atoms with van der Waals surface area (Å²) in [6.45, 7) is -0.981. The lowest BCUT2D eigenvalue weighted by atomic mass is 10.0. The van der Waals surface area contributed by atoms with Gasteiger partial charge in [-0.05, 0) is 37.7 Å². The fraction of sp³-hybridized carbons (Fsp3) is 0.281. The summed E-state index contributed by atoms with van der Waals surface area (Å²) in [5, 5.41) is 11.7. The SMILES string of the molecule is CN[C@@H](Cn1c(=O)c(-c2cccc(OCCOCC(=O)O)c2F)c(C)n(Cc2c(F)cccc2C(F)(F)F)c1=O)c1ccccc1. The number of aromatic nitrogens is 2. The van der Waals surface area contributed by atoms with Crippen LogP contribution in [0.1, 0.15) is 28.4 Å². The van der Waals surface area contributed by atoms with Gasteiger partial charge in [0.1, 0.15) is 19.0 Å². The molecule has 1 aromatic heterocycles. The molecule has 244 valence electrons. The summed E-state index contributed by atoms with van der Waals surface area (Å²) < 4.78 is 84.4. The number of rotatable bonds is 13. The Kier molecular flexibility index (Phi) is 10.7. The minimum absolute atomic E-state index is 0.193. The summed E-state index contributed by atoms with van der Waals surface area (Å²) in [5.41, 5.74) is -4.28. The number of hydrogen-bond acceptors (Lipinski definition) is 6. The quantitative estimate of drug-likeness (QED) is 0.159. The molecule has 0 unspecified atom stereocenters. The van der Waals surface area contributed by atoms with Crippen LogP contribution in [0, 0.1) is 18.6 Å². The van der Waals surface area contributed by atoms with Crippen LogP contribution in [0.4, 0.5) is 22.0 Å². The minimum atomic E-state index is -4.96. The Balaban J connectivity index is 1.90. The Labute approximate surface area is 259 Å². The van der Waals surface area contributed by atoms with Gasteiger partial charge in [0.25, 0.3) is 5.56 Å². The summed E-state index contributed by atoms with van der Waals surface area (Å²) >= 11 is 0. The standard InChI is InChI=1S/C32H30F5N3O6/c1-19-28(21-10-6-13-26(29(21)34)46-15-14-45-18-27(41)42)30(43)40(17-25(38-2)20-8-4-3-5-9-20)31(44)39(19)16-22-23(32(35,36)37)11-7-12-24(22)33/h3-13,25,38H,14-18H2,1-2H3,(H,41,42)/t25-/m0/s1. The number of nitrogens with zero attached hydrogens (tertiary/aromatic N) is 2. The van der Waals surface area contributed by atoms with Gasteiger partial charge in [0, 0.05) is 16.8 Å². The highest BCUT2D eigenvalue weighted by molar-refractivity contribution is 5.68. The van der Waals surface area contributed by atoms with Crippen molar-refractivity contribution in [3.05, 3.63) is 122 Å². The number of likely N-dealkylation sites (N-methyl/N-ethyl adjacent to an activating group) is 1. The molecule has 4 rings (SSSR count). The van der Waals surface area contributed by atoms with Gasteiger partial charge in [0.2, 0.25) is 0 Å². The van der Waals surface area contributed by atoms with Crippen molar-refractivity contribution in [2.75, 3.05) is 26.9 Å². The van der Waals surface area contributed by atoms with E-state index >= 15 is 4.39 Å². The van der Waals surface area contributed by atoms with Crippen molar-refractivity contribution >= 4 is 5.97 Å². The van der Waals surface area contributed by atoms with Gasteiger partial charge < -0.3 is 19.9 Å². The molecule has 4 aromatic rings. The Bertz CT molecular complexity index is 1820. The Morgan fingerprint density at radius 1 is 0.957 bits per heavy atom. The van der Waals surface area contributed by atoms with E-state index in [-0.39, 0.29) is 42.3 Å². The van der Waals surface area contributed by atoms with Crippen LogP contribution in [0.25, 0.3) is 11.1 Å². The maximum atomic E-state index is 15.9. The van der Waals surface area contributed by atoms with Crippen LogP contribution in [0.3, 0.4) is 0 Å². The number of carboxylic acid groups (broad SMARTS) is 1. The molecule has 14 heteroatoms. The molecule has 0 aliphatic heterocycles. The zero-order valence-corrected chi connectivity index (χ0v) is 24.7. The highest BCUT2D eigenvalue weighted by atomic mass is 19.4. The Hall–Kier alpha value is -4.82. The molecule has 0 aliphatic rings. The molecule has 0 bridgehead atoms. The number of ether oxygens (including phenoxy) is 2. The van der Waals surface area contributed by atoms with E-state index in [1.54, 1.807) is 37.4 Å². The van der Waals surface area contributed by atoms with Gasteiger partial charge in [-0.1, -0.05) is 48.5 Å². The fourth-order valence-corrected chi connectivity index (χ4v) is 5.02. The van der Waals surface area contributed by atoms with E-state index in [0.29, 0.717) is 11.6 Å². The lowest BCUT2D eigenvalue weighted by Crippen LogP contribution is -2.44. The van der Waals surface area contributed by atoms with Crippen molar-refractivity contribution in [2.45, 2.75) is 32.2 Å². The van der Waals surface area contributed by atoms with Crippen molar-refractivity contribution in [1.29, 1.82) is 0 Å². The summed E-state index contributed by atoms with van der Waals surface area (Å²) in [5.74, 6) is -3.77. The summed E-state index contributed by atoms with van der Waals surface area (Å²) in [6, 6.07) is 14.4.